The first-order valence-electron chi connectivity index (χ1n) is 6.86. The predicted molar refractivity (Wildman–Crippen MR) is 88.9 cm³/mol. The summed E-state index contributed by atoms with van der Waals surface area (Å²) in [5, 5.41) is 0. The third-order valence-corrected chi connectivity index (χ3v) is 4.32. The highest BCUT2D eigenvalue weighted by atomic mass is 32.2. The van der Waals surface area contributed by atoms with Crippen LogP contribution in [0.3, 0.4) is 0 Å². The summed E-state index contributed by atoms with van der Waals surface area (Å²) in [5.41, 5.74) is 3.31. The van der Waals surface area contributed by atoms with Crippen molar-refractivity contribution in [3.05, 3.63) is 53.9 Å². The Labute approximate surface area is 133 Å². The molecule has 0 aliphatic rings. The van der Waals surface area contributed by atoms with Crippen molar-refractivity contribution in [1.29, 1.82) is 0 Å². The first kappa shape index (κ1) is 14.7. The minimum atomic E-state index is -0.343. The molecule has 0 saturated heterocycles. The minimum Gasteiger partial charge on any atom is -0.465 e. The van der Waals surface area contributed by atoms with E-state index in [-0.39, 0.29) is 5.97 Å². The topological polar surface area (TPSA) is 44.1 Å². The monoisotopic (exact) mass is 312 g/mol. The molecule has 0 saturated carbocycles. The van der Waals surface area contributed by atoms with Crippen molar-refractivity contribution in [1.82, 2.24) is 9.55 Å². The number of aryl methyl sites for hydroxylation is 1. The lowest BCUT2D eigenvalue weighted by Crippen LogP contribution is -2.02. The van der Waals surface area contributed by atoms with E-state index in [0.717, 1.165) is 22.5 Å². The maximum absolute atomic E-state index is 11.7. The number of thioether (sulfide) groups is 1. The minimum absolute atomic E-state index is 0.343. The Bertz CT molecular complexity index is 838. The number of hydrogen-bond acceptors (Lipinski definition) is 4. The van der Waals surface area contributed by atoms with E-state index in [2.05, 4.69) is 35.5 Å². The molecule has 0 spiro atoms. The molecule has 1 heterocycles. The van der Waals surface area contributed by atoms with Crippen LogP contribution in [0.25, 0.3) is 16.7 Å². The average molecular weight is 312 g/mol. The highest BCUT2D eigenvalue weighted by Crippen LogP contribution is 2.24. The van der Waals surface area contributed by atoms with E-state index in [1.165, 1.54) is 12.0 Å². The lowest BCUT2D eigenvalue weighted by molar-refractivity contribution is 0.0601. The van der Waals surface area contributed by atoms with Crippen molar-refractivity contribution < 1.29 is 9.53 Å². The number of imidazole rings is 1. The molecule has 0 bridgehead atoms. The Kier molecular flexibility index (Phi) is 3.90. The fourth-order valence-electron chi connectivity index (χ4n) is 2.50. The van der Waals surface area contributed by atoms with Gasteiger partial charge in [-0.25, -0.2) is 9.78 Å². The zero-order valence-electron chi connectivity index (χ0n) is 12.7. The van der Waals surface area contributed by atoms with Gasteiger partial charge in [0, 0.05) is 10.6 Å². The van der Waals surface area contributed by atoms with Gasteiger partial charge in [-0.3, -0.25) is 4.57 Å². The van der Waals surface area contributed by atoms with Crippen LogP contribution >= 0.6 is 11.8 Å². The summed E-state index contributed by atoms with van der Waals surface area (Å²) in [5.74, 6) is 0.541. The van der Waals surface area contributed by atoms with E-state index in [1.54, 1.807) is 17.8 Å². The summed E-state index contributed by atoms with van der Waals surface area (Å²) in [6.45, 7) is 1.96. The van der Waals surface area contributed by atoms with Crippen LogP contribution in [-0.2, 0) is 4.74 Å². The highest BCUT2D eigenvalue weighted by Gasteiger charge is 2.13. The third-order valence-electron chi connectivity index (χ3n) is 3.57. The SMILES string of the molecule is COC(=O)c1ccc2nc(C)n(-c3ccc(SC)cc3)c2c1. The summed E-state index contributed by atoms with van der Waals surface area (Å²) < 4.78 is 6.84. The van der Waals surface area contributed by atoms with Gasteiger partial charge in [-0.1, -0.05) is 0 Å². The number of aromatic nitrogens is 2. The van der Waals surface area contributed by atoms with Crippen molar-refractivity contribution in [2.24, 2.45) is 0 Å². The molecule has 3 aromatic rings. The quantitative estimate of drug-likeness (QED) is 0.544. The number of esters is 1. The number of ether oxygens (including phenoxy) is 1. The van der Waals surface area contributed by atoms with Gasteiger partial charge in [-0.2, -0.15) is 0 Å². The fourth-order valence-corrected chi connectivity index (χ4v) is 2.91. The number of carbonyl (C=O) groups is 1. The largest absolute Gasteiger partial charge is 0.465 e. The normalized spacial score (nSPS) is 10.9. The molecule has 22 heavy (non-hydrogen) atoms. The van der Waals surface area contributed by atoms with E-state index in [4.69, 9.17) is 4.74 Å². The maximum atomic E-state index is 11.7. The van der Waals surface area contributed by atoms with Gasteiger partial charge in [-0.15, -0.1) is 11.8 Å². The van der Waals surface area contributed by atoms with E-state index < -0.39 is 0 Å². The molecule has 0 atom stereocenters. The van der Waals surface area contributed by atoms with Crippen LogP contribution in [0.4, 0.5) is 0 Å². The molecule has 2 aromatic carbocycles. The van der Waals surface area contributed by atoms with E-state index in [0.29, 0.717) is 5.56 Å². The molecule has 5 heteroatoms. The molecule has 0 aliphatic heterocycles. The van der Waals surface area contributed by atoms with E-state index in [1.807, 2.05) is 23.6 Å². The standard InChI is InChI=1S/C17H16N2O2S/c1-11-18-15-9-4-12(17(20)21-2)10-16(15)19(11)13-5-7-14(22-3)8-6-13/h4-10H,1-3H3. The molecule has 0 fully saturated rings. The van der Waals surface area contributed by atoms with Crippen LogP contribution in [0.1, 0.15) is 16.2 Å². The second kappa shape index (κ2) is 5.85. The number of methoxy groups -OCH3 is 1. The number of benzene rings is 2. The maximum Gasteiger partial charge on any atom is 0.337 e. The molecule has 0 amide bonds. The summed E-state index contributed by atoms with van der Waals surface area (Å²) in [7, 11) is 1.39. The van der Waals surface area contributed by atoms with Gasteiger partial charge >= 0.3 is 5.97 Å². The lowest BCUT2D eigenvalue weighted by Gasteiger charge is -2.08. The first-order chi connectivity index (χ1) is 10.6. The van der Waals surface area contributed by atoms with Crippen molar-refractivity contribution in [2.75, 3.05) is 13.4 Å². The lowest BCUT2D eigenvalue weighted by atomic mass is 10.2. The fraction of sp³-hybridized carbons (Fsp3) is 0.176. The van der Waals surface area contributed by atoms with Crippen LogP contribution in [-0.4, -0.2) is 28.9 Å². The average Bonchev–Trinajstić information content (AvgIpc) is 2.89. The smallest absolute Gasteiger partial charge is 0.337 e. The molecule has 112 valence electrons. The molecular weight excluding hydrogens is 296 g/mol. The number of fused-ring (bicyclic) bond motifs is 1. The van der Waals surface area contributed by atoms with Crippen LogP contribution in [0.5, 0.6) is 0 Å². The van der Waals surface area contributed by atoms with Crippen molar-refractivity contribution in [2.45, 2.75) is 11.8 Å². The van der Waals surface area contributed by atoms with Crippen LogP contribution in [0.15, 0.2) is 47.4 Å². The Morgan fingerprint density at radius 3 is 2.55 bits per heavy atom. The molecule has 0 radical (unpaired) electrons. The van der Waals surface area contributed by atoms with Gasteiger partial charge in [0.1, 0.15) is 5.82 Å². The molecule has 3 rings (SSSR count). The number of carbonyl (C=O) groups excluding carboxylic acids is 1. The van der Waals surface area contributed by atoms with Gasteiger partial charge in [0.05, 0.1) is 23.7 Å². The molecule has 4 nitrogen and oxygen atoms in total. The van der Waals surface area contributed by atoms with Crippen molar-refractivity contribution >= 4 is 28.8 Å². The van der Waals surface area contributed by atoms with Gasteiger partial charge in [-0.05, 0) is 55.6 Å². The van der Waals surface area contributed by atoms with Gasteiger partial charge in [0.15, 0.2) is 0 Å². The summed E-state index contributed by atoms with van der Waals surface area (Å²) >= 11 is 1.71. The summed E-state index contributed by atoms with van der Waals surface area (Å²) in [6.07, 6.45) is 2.05. The zero-order chi connectivity index (χ0) is 15.7. The predicted octanol–water partition coefficient (Wildman–Crippen LogP) is 3.84. The second-order valence-corrected chi connectivity index (χ2v) is 5.77. The number of rotatable bonds is 3. The van der Waals surface area contributed by atoms with Gasteiger partial charge in [0.2, 0.25) is 0 Å². The Hall–Kier alpha value is -2.27. The molecule has 0 unspecified atom stereocenters. The molecule has 0 aliphatic carbocycles. The first-order valence-corrected chi connectivity index (χ1v) is 8.08. The van der Waals surface area contributed by atoms with Gasteiger partial charge in [0.25, 0.3) is 0 Å². The van der Waals surface area contributed by atoms with E-state index >= 15 is 0 Å². The number of nitrogens with zero attached hydrogens (tertiary/aromatic N) is 2. The van der Waals surface area contributed by atoms with Crippen LogP contribution in [0.2, 0.25) is 0 Å². The second-order valence-electron chi connectivity index (χ2n) is 4.89. The Balaban J connectivity index is 2.18. The molecule has 0 N–H and O–H groups in total. The van der Waals surface area contributed by atoms with E-state index in [9.17, 15) is 4.79 Å². The van der Waals surface area contributed by atoms with Crippen molar-refractivity contribution in [3.8, 4) is 5.69 Å². The Morgan fingerprint density at radius 1 is 1.18 bits per heavy atom. The van der Waals surface area contributed by atoms with Crippen LogP contribution in [0, 0.1) is 6.92 Å². The number of hydrogen-bond donors (Lipinski definition) is 0. The summed E-state index contributed by atoms with van der Waals surface area (Å²) in [4.78, 5) is 17.5. The van der Waals surface area contributed by atoms with Crippen LogP contribution < -0.4 is 0 Å². The van der Waals surface area contributed by atoms with Gasteiger partial charge < -0.3 is 4.74 Å². The zero-order valence-corrected chi connectivity index (χ0v) is 13.5. The molecule has 1 aromatic heterocycles. The van der Waals surface area contributed by atoms with Crippen molar-refractivity contribution in [3.63, 3.8) is 0 Å². The third kappa shape index (κ3) is 2.48. The Morgan fingerprint density at radius 2 is 1.91 bits per heavy atom. The highest BCUT2D eigenvalue weighted by molar-refractivity contribution is 7.98. The summed E-state index contributed by atoms with van der Waals surface area (Å²) in [6, 6.07) is 13.7. The molecular formula is C17H16N2O2S.